The Labute approximate surface area is 164 Å². The predicted molar refractivity (Wildman–Crippen MR) is 103 cm³/mol. The van der Waals surface area contributed by atoms with Crippen LogP contribution < -0.4 is 16.2 Å². The highest BCUT2D eigenvalue weighted by Gasteiger charge is 2.27. The third-order valence-corrected chi connectivity index (χ3v) is 4.11. The first kappa shape index (κ1) is 23.3. The normalized spacial score (nSPS) is 18.8. The minimum Gasteiger partial charge on any atom is -0.473 e. The van der Waals surface area contributed by atoms with E-state index in [0.29, 0.717) is 18.1 Å². The van der Waals surface area contributed by atoms with Gasteiger partial charge in [-0.2, -0.15) is 0 Å². The maximum Gasteiger partial charge on any atom is 0.414 e. The van der Waals surface area contributed by atoms with Crippen LogP contribution in [0.25, 0.3) is 0 Å². The van der Waals surface area contributed by atoms with Gasteiger partial charge in [-0.1, -0.05) is 23.7 Å². The van der Waals surface area contributed by atoms with Crippen LogP contribution in [0.15, 0.2) is 24.3 Å². The van der Waals surface area contributed by atoms with E-state index >= 15 is 0 Å². The van der Waals surface area contributed by atoms with Crippen molar-refractivity contribution in [2.24, 2.45) is 5.92 Å². The fraction of sp³-hybridized carbons (Fsp3) is 0.556. The number of hydrogen-bond acceptors (Lipinski definition) is 6. The molecule has 0 bridgehead atoms. The average molecular weight is 402 g/mol. The summed E-state index contributed by atoms with van der Waals surface area (Å²) in [6.07, 6.45) is 1.37. The molecule has 27 heavy (non-hydrogen) atoms. The van der Waals surface area contributed by atoms with Crippen molar-refractivity contribution >= 4 is 23.5 Å². The monoisotopic (exact) mass is 401 g/mol. The molecule has 2 atom stereocenters. The van der Waals surface area contributed by atoms with Crippen molar-refractivity contribution in [3.05, 3.63) is 34.9 Å². The van der Waals surface area contributed by atoms with E-state index in [0.717, 1.165) is 37.7 Å². The van der Waals surface area contributed by atoms with Crippen LogP contribution >= 0.6 is 11.6 Å². The van der Waals surface area contributed by atoms with Crippen molar-refractivity contribution in [1.82, 2.24) is 16.2 Å². The minimum atomic E-state index is -1.82. The van der Waals surface area contributed by atoms with Crippen molar-refractivity contribution in [3.63, 3.8) is 0 Å². The molecule has 1 aliphatic rings. The molecule has 8 nitrogen and oxygen atoms in total. The first-order chi connectivity index (χ1) is 12.8. The first-order valence-corrected chi connectivity index (χ1v) is 9.21. The predicted octanol–water partition coefficient (Wildman–Crippen LogP) is 1.67. The molecular weight excluding hydrogens is 374 g/mol. The number of nitrogens with one attached hydrogen (secondary N) is 3. The van der Waals surface area contributed by atoms with Crippen LogP contribution in [0.3, 0.4) is 0 Å². The molecular formula is C18H28ClN3O5. The number of halogens is 1. The Morgan fingerprint density at radius 1 is 1.26 bits per heavy atom. The lowest BCUT2D eigenvalue weighted by Crippen LogP contribution is -2.29. The number of ether oxygens (including phenoxy) is 1. The van der Waals surface area contributed by atoms with Gasteiger partial charge < -0.3 is 20.3 Å². The number of hydrazine groups is 1. The summed E-state index contributed by atoms with van der Waals surface area (Å²) in [7, 11) is 0. The molecule has 0 radical (unpaired) electrons. The minimum absolute atomic E-state index is 0.322. The molecule has 1 fully saturated rings. The molecule has 1 aromatic rings. The topological polar surface area (TPSA) is 120 Å². The second-order valence-electron chi connectivity index (χ2n) is 6.40. The standard InChI is InChI=1S/C16H26ClN3O.C2H2O4/c1-12(2)21-9-3-8-18-10-14-11-19-20-16(14)13-4-6-15(17)7-5-13;3-1(4)2(5)6/h4-7,12,14,16,18-20H,3,8-11H2,1-2H3;(H,3,4)(H,5,6). The highest BCUT2D eigenvalue weighted by atomic mass is 35.5. The summed E-state index contributed by atoms with van der Waals surface area (Å²) in [6.45, 7) is 7.93. The Kier molecular flexibility index (Phi) is 10.9. The summed E-state index contributed by atoms with van der Waals surface area (Å²) < 4.78 is 5.54. The Morgan fingerprint density at radius 2 is 1.89 bits per heavy atom. The number of hydrogen-bond donors (Lipinski definition) is 5. The van der Waals surface area contributed by atoms with Gasteiger partial charge >= 0.3 is 11.9 Å². The Morgan fingerprint density at radius 3 is 2.44 bits per heavy atom. The summed E-state index contributed by atoms with van der Waals surface area (Å²) >= 11 is 5.95. The molecule has 152 valence electrons. The molecule has 1 heterocycles. The molecule has 2 unspecified atom stereocenters. The second kappa shape index (κ2) is 12.6. The lowest BCUT2D eigenvalue weighted by atomic mass is 9.95. The molecule has 0 saturated carbocycles. The van der Waals surface area contributed by atoms with Crippen LogP contribution in [-0.2, 0) is 14.3 Å². The van der Waals surface area contributed by atoms with E-state index < -0.39 is 11.9 Å². The third-order valence-electron chi connectivity index (χ3n) is 3.86. The van der Waals surface area contributed by atoms with Crippen LogP contribution in [0.1, 0.15) is 31.9 Å². The van der Waals surface area contributed by atoms with Crippen LogP contribution in [0.5, 0.6) is 0 Å². The van der Waals surface area contributed by atoms with Gasteiger partial charge in [0.25, 0.3) is 0 Å². The lowest BCUT2D eigenvalue weighted by Gasteiger charge is -2.19. The van der Waals surface area contributed by atoms with E-state index in [1.807, 2.05) is 12.1 Å². The highest BCUT2D eigenvalue weighted by molar-refractivity contribution is 6.30. The van der Waals surface area contributed by atoms with E-state index in [-0.39, 0.29) is 0 Å². The molecule has 2 rings (SSSR count). The van der Waals surface area contributed by atoms with Crippen LogP contribution in [0.4, 0.5) is 0 Å². The molecule has 0 spiro atoms. The molecule has 1 aromatic carbocycles. The van der Waals surface area contributed by atoms with E-state index in [1.165, 1.54) is 5.56 Å². The zero-order valence-electron chi connectivity index (χ0n) is 15.6. The van der Waals surface area contributed by atoms with Gasteiger partial charge in [-0.15, -0.1) is 0 Å². The first-order valence-electron chi connectivity index (χ1n) is 8.83. The highest BCUT2D eigenvalue weighted by Crippen LogP contribution is 2.25. The van der Waals surface area contributed by atoms with Gasteiger partial charge in [-0.05, 0) is 44.5 Å². The maximum absolute atomic E-state index is 9.10. The van der Waals surface area contributed by atoms with Gasteiger partial charge in [0.15, 0.2) is 0 Å². The molecule has 5 N–H and O–H groups in total. The van der Waals surface area contributed by atoms with Crippen molar-refractivity contribution in [3.8, 4) is 0 Å². The molecule has 1 saturated heterocycles. The number of carboxylic acid groups (broad SMARTS) is 2. The quantitative estimate of drug-likeness (QED) is 0.329. The van der Waals surface area contributed by atoms with E-state index in [2.05, 4.69) is 42.1 Å². The smallest absolute Gasteiger partial charge is 0.414 e. The molecule has 0 aliphatic carbocycles. The zero-order chi connectivity index (χ0) is 20.2. The second-order valence-corrected chi connectivity index (χ2v) is 6.84. The van der Waals surface area contributed by atoms with Crippen LogP contribution in [0, 0.1) is 5.92 Å². The number of carboxylic acids is 2. The fourth-order valence-corrected chi connectivity index (χ4v) is 2.68. The summed E-state index contributed by atoms with van der Waals surface area (Å²) in [5, 5.41) is 19.1. The zero-order valence-corrected chi connectivity index (χ0v) is 16.3. The van der Waals surface area contributed by atoms with Gasteiger partial charge in [-0.25, -0.2) is 15.0 Å². The fourth-order valence-electron chi connectivity index (χ4n) is 2.55. The van der Waals surface area contributed by atoms with E-state index in [1.54, 1.807) is 0 Å². The van der Waals surface area contributed by atoms with Gasteiger partial charge in [0.05, 0.1) is 12.1 Å². The molecule has 0 amide bonds. The lowest BCUT2D eigenvalue weighted by molar-refractivity contribution is -0.159. The molecule has 0 aromatic heterocycles. The third kappa shape index (κ3) is 9.69. The van der Waals surface area contributed by atoms with Gasteiger partial charge in [0, 0.05) is 30.6 Å². The van der Waals surface area contributed by atoms with Gasteiger partial charge in [-0.3, -0.25) is 5.43 Å². The average Bonchev–Trinajstić information content (AvgIpc) is 3.07. The number of aliphatic carboxylic acids is 2. The molecule has 1 aliphatic heterocycles. The summed E-state index contributed by atoms with van der Waals surface area (Å²) in [6, 6.07) is 8.42. The van der Waals surface area contributed by atoms with E-state index in [4.69, 9.17) is 36.1 Å². The Balaban J connectivity index is 0.000000527. The van der Waals surface area contributed by atoms with Crippen LogP contribution in [0.2, 0.25) is 5.02 Å². The van der Waals surface area contributed by atoms with Crippen molar-refractivity contribution in [2.45, 2.75) is 32.4 Å². The van der Waals surface area contributed by atoms with Crippen LogP contribution in [-0.4, -0.2) is 54.5 Å². The number of rotatable bonds is 8. The number of benzene rings is 1. The summed E-state index contributed by atoms with van der Waals surface area (Å²) in [5.74, 6) is -3.11. The SMILES string of the molecule is CC(C)OCCCNCC1CNNC1c1ccc(Cl)cc1.O=C(O)C(=O)O. The van der Waals surface area contributed by atoms with Gasteiger partial charge in [0.1, 0.15) is 0 Å². The summed E-state index contributed by atoms with van der Waals surface area (Å²) in [5.41, 5.74) is 7.88. The van der Waals surface area contributed by atoms with Crippen molar-refractivity contribution < 1.29 is 24.5 Å². The Bertz CT molecular complexity index is 571. The maximum atomic E-state index is 9.10. The summed E-state index contributed by atoms with van der Waals surface area (Å²) in [4.78, 5) is 18.2. The number of carbonyl (C=O) groups is 2. The Hall–Kier alpha value is -1.71. The van der Waals surface area contributed by atoms with Gasteiger partial charge in [0.2, 0.25) is 0 Å². The van der Waals surface area contributed by atoms with E-state index in [9.17, 15) is 0 Å². The molecule has 9 heteroatoms. The largest absolute Gasteiger partial charge is 0.473 e. The van der Waals surface area contributed by atoms with Crippen molar-refractivity contribution in [1.29, 1.82) is 0 Å². The van der Waals surface area contributed by atoms with Crippen molar-refractivity contribution in [2.75, 3.05) is 26.2 Å².